The topological polar surface area (TPSA) is 53.1 Å². The highest BCUT2D eigenvalue weighted by molar-refractivity contribution is 6.00. The predicted molar refractivity (Wildman–Crippen MR) is 81.8 cm³/mol. The molecular formula is C16H24FN3. The molecule has 4 heteroatoms. The summed E-state index contributed by atoms with van der Waals surface area (Å²) in [6.07, 6.45) is 3.45. The molecule has 0 bridgehead atoms. The molecule has 1 aromatic carbocycles. The van der Waals surface area contributed by atoms with Crippen LogP contribution in [0.5, 0.6) is 0 Å². The lowest BCUT2D eigenvalue weighted by Crippen LogP contribution is -2.28. The smallest absolute Gasteiger partial charge is 0.136 e. The summed E-state index contributed by atoms with van der Waals surface area (Å²) >= 11 is 0. The van der Waals surface area contributed by atoms with Crippen molar-refractivity contribution in [3.05, 3.63) is 29.6 Å². The average Bonchev–Trinajstić information content (AvgIpc) is 2.63. The molecule has 110 valence electrons. The number of nitrogens with two attached hydrogens (primary N) is 1. The van der Waals surface area contributed by atoms with Gasteiger partial charge in [-0.1, -0.05) is 19.9 Å². The number of rotatable bonds is 3. The van der Waals surface area contributed by atoms with E-state index in [0.29, 0.717) is 5.92 Å². The van der Waals surface area contributed by atoms with Crippen LogP contribution in [-0.2, 0) is 0 Å². The Bertz CT molecular complexity index is 485. The van der Waals surface area contributed by atoms with Crippen molar-refractivity contribution in [2.75, 3.05) is 18.0 Å². The zero-order valence-corrected chi connectivity index (χ0v) is 12.3. The highest BCUT2D eigenvalue weighted by Gasteiger charge is 2.22. The van der Waals surface area contributed by atoms with Crippen molar-refractivity contribution in [3.63, 3.8) is 0 Å². The predicted octanol–water partition coefficient (Wildman–Crippen LogP) is 3.37. The molecule has 0 amide bonds. The van der Waals surface area contributed by atoms with Crippen LogP contribution in [0.15, 0.2) is 18.2 Å². The van der Waals surface area contributed by atoms with Crippen molar-refractivity contribution >= 4 is 11.5 Å². The summed E-state index contributed by atoms with van der Waals surface area (Å²) in [4.78, 5) is 2.18. The third-order valence-electron chi connectivity index (χ3n) is 4.32. The molecule has 3 N–H and O–H groups in total. The van der Waals surface area contributed by atoms with E-state index in [0.717, 1.165) is 37.5 Å². The molecule has 0 radical (unpaired) electrons. The van der Waals surface area contributed by atoms with Crippen LogP contribution in [0.2, 0.25) is 0 Å². The van der Waals surface area contributed by atoms with Crippen LogP contribution in [0.1, 0.15) is 38.7 Å². The normalized spacial score (nSPS) is 20.0. The van der Waals surface area contributed by atoms with E-state index in [1.165, 1.54) is 12.5 Å². The Morgan fingerprint density at radius 2 is 2.10 bits per heavy atom. The van der Waals surface area contributed by atoms with E-state index in [4.69, 9.17) is 11.1 Å². The number of halogens is 1. The van der Waals surface area contributed by atoms with Crippen LogP contribution in [0.3, 0.4) is 0 Å². The van der Waals surface area contributed by atoms with Gasteiger partial charge >= 0.3 is 0 Å². The molecule has 0 aromatic heterocycles. The summed E-state index contributed by atoms with van der Waals surface area (Å²) in [5.41, 5.74) is 6.56. The van der Waals surface area contributed by atoms with Crippen LogP contribution in [0, 0.1) is 23.1 Å². The van der Waals surface area contributed by atoms with E-state index in [-0.39, 0.29) is 11.4 Å². The van der Waals surface area contributed by atoms with Crippen molar-refractivity contribution < 1.29 is 4.39 Å². The molecular weight excluding hydrogens is 253 g/mol. The number of benzene rings is 1. The highest BCUT2D eigenvalue weighted by atomic mass is 19.1. The standard InChI is InChI=1S/C16H24FN3/c1-11(2)12-5-4-9-20(10-8-12)14-7-3-6-13(17)15(14)16(18)19/h3,6-7,11-12H,4-5,8-10H2,1-2H3,(H3,18,19). The van der Waals surface area contributed by atoms with E-state index in [1.54, 1.807) is 6.07 Å². The van der Waals surface area contributed by atoms with Crippen molar-refractivity contribution in [2.24, 2.45) is 17.6 Å². The first-order chi connectivity index (χ1) is 9.50. The van der Waals surface area contributed by atoms with Crippen LogP contribution in [-0.4, -0.2) is 18.9 Å². The molecule has 1 aromatic rings. The quantitative estimate of drug-likeness (QED) is 0.657. The summed E-state index contributed by atoms with van der Waals surface area (Å²) in [7, 11) is 0. The van der Waals surface area contributed by atoms with Gasteiger partial charge < -0.3 is 10.6 Å². The van der Waals surface area contributed by atoms with Gasteiger partial charge in [-0.3, -0.25) is 5.41 Å². The molecule has 1 aliphatic heterocycles. The van der Waals surface area contributed by atoms with E-state index >= 15 is 0 Å². The van der Waals surface area contributed by atoms with Crippen LogP contribution >= 0.6 is 0 Å². The maximum atomic E-state index is 13.9. The molecule has 0 saturated carbocycles. The number of nitrogens with zero attached hydrogens (tertiary/aromatic N) is 1. The second kappa shape index (κ2) is 6.25. The van der Waals surface area contributed by atoms with E-state index in [1.807, 2.05) is 6.07 Å². The highest BCUT2D eigenvalue weighted by Crippen LogP contribution is 2.29. The Hall–Kier alpha value is -1.58. The summed E-state index contributed by atoms with van der Waals surface area (Å²) in [6.45, 7) is 6.35. The van der Waals surface area contributed by atoms with E-state index < -0.39 is 5.82 Å². The Balaban J connectivity index is 2.24. The molecule has 2 rings (SSSR count). The lowest BCUT2D eigenvalue weighted by Gasteiger charge is -2.26. The first kappa shape index (κ1) is 14.8. The second-order valence-electron chi connectivity index (χ2n) is 5.97. The van der Waals surface area contributed by atoms with Crippen LogP contribution in [0.25, 0.3) is 0 Å². The van der Waals surface area contributed by atoms with Gasteiger partial charge in [-0.05, 0) is 43.2 Å². The molecule has 0 aliphatic carbocycles. The molecule has 3 nitrogen and oxygen atoms in total. The molecule has 1 unspecified atom stereocenters. The monoisotopic (exact) mass is 277 g/mol. The van der Waals surface area contributed by atoms with Gasteiger partial charge in [0.1, 0.15) is 11.7 Å². The number of nitrogen functional groups attached to an aromatic ring is 1. The number of anilines is 1. The fraction of sp³-hybridized carbons (Fsp3) is 0.562. The van der Waals surface area contributed by atoms with Gasteiger partial charge in [-0.25, -0.2) is 4.39 Å². The van der Waals surface area contributed by atoms with Gasteiger partial charge in [0.2, 0.25) is 0 Å². The van der Waals surface area contributed by atoms with Crippen molar-refractivity contribution in [2.45, 2.75) is 33.1 Å². The molecule has 20 heavy (non-hydrogen) atoms. The maximum absolute atomic E-state index is 13.9. The zero-order chi connectivity index (χ0) is 14.7. The fourth-order valence-corrected chi connectivity index (χ4v) is 3.07. The zero-order valence-electron chi connectivity index (χ0n) is 12.3. The van der Waals surface area contributed by atoms with Crippen LogP contribution in [0.4, 0.5) is 10.1 Å². The summed E-state index contributed by atoms with van der Waals surface area (Å²) in [5.74, 6) is 0.825. The largest absolute Gasteiger partial charge is 0.384 e. The van der Waals surface area contributed by atoms with Gasteiger partial charge in [-0.15, -0.1) is 0 Å². The van der Waals surface area contributed by atoms with E-state index in [2.05, 4.69) is 18.7 Å². The molecule has 0 spiro atoms. The van der Waals surface area contributed by atoms with Crippen molar-refractivity contribution in [1.29, 1.82) is 5.41 Å². The average molecular weight is 277 g/mol. The first-order valence-corrected chi connectivity index (χ1v) is 7.38. The molecule has 1 aliphatic rings. The minimum absolute atomic E-state index is 0.192. The van der Waals surface area contributed by atoms with Gasteiger partial charge in [-0.2, -0.15) is 0 Å². The Labute approximate surface area is 120 Å². The lowest BCUT2D eigenvalue weighted by atomic mass is 9.89. The third-order valence-corrected chi connectivity index (χ3v) is 4.32. The van der Waals surface area contributed by atoms with Crippen LogP contribution < -0.4 is 10.6 Å². The minimum atomic E-state index is -0.403. The SMILES string of the molecule is CC(C)C1CCCN(c2cccc(F)c2C(=N)N)CC1. The second-order valence-corrected chi connectivity index (χ2v) is 5.97. The summed E-state index contributed by atoms with van der Waals surface area (Å²) in [6, 6.07) is 4.94. The number of nitrogens with one attached hydrogen (secondary N) is 1. The summed E-state index contributed by atoms with van der Waals surface area (Å²) in [5, 5.41) is 7.61. The van der Waals surface area contributed by atoms with Gasteiger partial charge in [0.25, 0.3) is 0 Å². The van der Waals surface area contributed by atoms with Gasteiger partial charge in [0.05, 0.1) is 11.3 Å². The van der Waals surface area contributed by atoms with E-state index in [9.17, 15) is 4.39 Å². The molecule has 1 atom stereocenters. The molecule has 1 saturated heterocycles. The Morgan fingerprint density at radius 3 is 2.75 bits per heavy atom. The Morgan fingerprint density at radius 1 is 1.35 bits per heavy atom. The third kappa shape index (κ3) is 3.11. The number of hydrogen-bond acceptors (Lipinski definition) is 2. The maximum Gasteiger partial charge on any atom is 0.136 e. The van der Waals surface area contributed by atoms with Gasteiger partial charge in [0, 0.05) is 13.1 Å². The van der Waals surface area contributed by atoms with Crippen molar-refractivity contribution in [1.82, 2.24) is 0 Å². The first-order valence-electron chi connectivity index (χ1n) is 7.38. The number of hydrogen-bond donors (Lipinski definition) is 2. The van der Waals surface area contributed by atoms with Crippen molar-refractivity contribution in [3.8, 4) is 0 Å². The number of amidine groups is 1. The summed E-state index contributed by atoms with van der Waals surface area (Å²) < 4.78 is 13.9. The molecule has 1 fully saturated rings. The lowest BCUT2D eigenvalue weighted by molar-refractivity contribution is 0.351. The minimum Gasteiger partial charge on any atom is -0.384 e. The fourth-order valence-electron chi connectivity index (χ4n) is 3.07. The Kier molecular flexibility index (Phi) is 4.63. The van der Waals surface area contributed by atoms with Gasteiger partial charge in [0.15, 0.2) is 0 Å². The molecule has 1 heterocycles.